The summed E-state index contributed by atoms with van der Waals surface area (Å²) in [6.45, 7) is 3.99. The van der Waals surface area contributed by atoms with Crippen molar-refractivity contribution in [3.05, 3.63) is 53.1 Å². The fourth-order valence-corrected chi connectivity index (χ4v) is 3.10. The Morgan fingerprint density at radius 1 is 1.24 bits per heavy atom. The van der Waals surface area contributed by atoms with Gasteiger partial charge in [-0.2, -0.15) is 0 Å². The topological polar surface area (TPSA) is 65.0 Å². The molecule has 132 valence electrons. The second-order valence-corrected chi connectivity index (χ2v) is 5.89. The van der Waals surface area contributed by atoms with Gasteiger partial charge in [-0.05, 0) is 37.6 Å². The molecule has 5 heteroatoms. The summed E-state index contributed by atoms with van der Waals surface area (Å²) < 4.78 is 16.9. The molecule has 3 rings (SSSR count). The number of aliphatic hydroxyl groups excluding tert-OH is 1. The number of para-hydroxylation sites is 1. The molecule has 25 heavy (non-hydrogen) atoms. The summed E-state index contributed by atoms with van der Waals surface area (Å²) in [5.74, 6) is 1.33. The van der Waals surface area contributed by atoms with Crippen LogP contribution in [-0.2, 0) is 16.0 Å². The molecule has 5 nitrogen and oxygen atoms in total. The van der Waals surface area contributed by atoms with E-state index in [1.807, 2.05) is 43.3 Å². The zero-order valence-corrected chi connectivity index (χ0v) is 14.5. The van der Waals surface area contributed by atoms with Crippen LogP contribution in [0.2, 0.25) is 0 Å². The van der Waals surface area contributed by atoms with Crippen LogP contribution in [-0.4, -0.2) is 30.9 Å². The zero-order chi connectivity index (χ0) is 17.8. The number of rotatable bonds is 6. The second-order valence-electron chi connectivity index (χ2n) is 5.89. The van der Waals surface area contributed by atoms with E-state index in [9.17, 15) is 4.79 Å². The highest BCUT2D eigenvalue weighted by molar-refractivity contribution is 5.80. The van der Waals surface area contributed by atoms with Gasteiger partial charge in [0.25, 0.3) is 0 Å². The molecule has 0 aromatic heterocycles. The van der Waals surface area contributed by atoms with Crippen LogP contribution >= 0.6 is 0 Å². The minimum Gasteiger partial charge on any atom is -0.494 e. The summed E-state index contributed by atoms with van der Waals surface area (Å²) in [7, 11) is 0. The van der Waals surface area contributed by atoms with Gasteiger partial charge in [-0.1, -0.05) is 18.2 Å². The SMILES string of the molecule is CCOc1ccc2c(c1C(C)C(=O)OCCO)Cc1ccccc1O2. The van der Waals surface area contributed by atoms with Crippen molar-refractivity contribution in [3.8, 4) is 17.2 Å². The van der Waals surface area contributed by atoms with Gasteiger partial charge in [-0.3, -0.25) is 4.79 Å². The summed E-state index contributed by atoms with van der Waals surface area (Å²) in [5.41, 5.74) is 2.80. The van der Waals surface area contributed by atoms with Gasteiger partial charge in [0.05, 0.1) is 19.1 Å². The first-order valence-corrected chi connectivity index (χ1v) is 8.47. The molecule has 1 aliphatic heterocycles. The van der Waals surface area contributed by atoms with Crippen molar-refractivity contribution in [2.45, 2.75) is 26.2 Å². The molecular formula is C20H22O5. The Morgan fingerprint density at radius 3 is 2.80 bits per heavy atom. The number of fused-ring (bicyclic) bond motifs is 2. The van der Waals surface area contributed by atoms with E-state index < -0.39 is 5.92 Å². The van der Waals surface area contributed by atoms with Gasteiger partial charge in [0.15, 0.2) is 0 Å². The maximum Gasteiger partial charge on any atom is 0.313 e. The third-order valence-electron chi connectivity index (χ3n) is 4.26. The Labute approximate surface area is 147 Å². The largest absolute Gasteiger partial charge is 0.494 e. The Balaban J connectivity index is 2.02. The molecule has 2 aromatic carbocycles. The molecule has 1 atom stereocenters. The number of esters is 1. The van der Waals surface area contributed by atoms with Gasteiger partial charge in [0.1, 0.15) is 23.9 Å². The van der Waals surface area contributed by atoms with Gasteiger partial charge in [-0.15, -0.1) is 0 Å². The van der Waals surface area contributed by atoms with Gasteiger partial charge in [0.2, 0.25) is 0 Å². The molecule has 0 spiro atoms. The number of benzene rings is 2. The van der Waals surface area contributed by atoms with Gasteiger partial charge in [-0.25, -0.2) is 0 Å². The van der Waals surface area contributed by atoms with Crippen molar-refractivity contribution in [3.63, 3.8) is 0 Å². The number of carbonyl (C=O) groups excluding carboxylic acids is 1. The van der Waals surface area contributed by atoms with E-state index in [1.54, 1.807) is 6.92 Å². The first-order valence-electron chi connectivity index (χ1n) is 8.47. The lowest BCUT2D eigenvalue weighted by molar-refractivity contribution is -0.146. The Hall–Kier alpha value is -2.53. The van der Waals surface area contributed by atoms with Crippen molar-refractivity contribution in [2.24, 2.45) is 0 Å². The smallest absolute Gasteiger partial charge is 0.313 e. The lowest BCUT2D eigenvalue weighted by Crippen LogP contribution is -2.19. The summed E-state index contributed by atoms with van der Waals surface area (Å²) in [4.78, 5) is 12.4. The summed E-state index contributed by atoms with van der Waals surface area (Å²) in [5, 5.41) is 8.89. The fraction of sp³-hybridized carbons (Fsp3) is 0.350. The monoisotopic (exact) mass is 342 g/mol. The van der Waals surface area contributed by atoms with Gasteiger partial charge >= 0.3 is 5.97 Å². The van der Waals surface area contributed by atoms with E-state index in [0.717, 1.165) is 28.2 Å². The Bertz CT molecular complexity index is 769. The van der Waals surface area contributed by atoms with Crippen LogP contribution in [0.4, 0.5) is 0 Å². The molecule has 1 heterocycles. The van der Waals surface area contributed by atoms with Crippen LogP contribution in [0.15, 0.2) is 36.4 Å². The number of ether oxygens (including phenoxy) is 3. The van der Waals surface area contributed by atoms with E-state index in [1.165, 1.54) is 0 Å². The lowest BCUT2D eigenvalue weighted by atomic mass is 9.88. The minimum atomic E-state index is -0.517. The first kappa shape index (κ1) is 17.3. The van der Waals surface area contributed by atoms with Crippen molar-refractivity contribution >= 4 is 5.97 Å². The van der Waals surface area contributed by atoms with Crippen LogP contribution in [0.1, 0.15) is 36.5 Å². The van der Waals surface area contributed by atoms with Crippen molar-refractivity contribution in [2.75, 3.05) is 19.8 Å². The molecule has 0 saturated heterocycles. The lowest BCUT2D eigenvalue weighted by Gasteiger charge is -2.26. The number of hydrogen-bond donors (Lipinski definition) is 1. The average molecular weight is 342 g/mol. The quantitative estimate of drug-likeness (QED) is 0.695. The van der Waals surface area contributed by atoms with Crippen molar-refractivity contribution in [1.82, 2.24) is 0 Å². The molecule has 0 saturated carbocycles. The highest BCUT2D eigenvalue weighted by atomic mass is 16.5. The van der Waals surface area contributed by atoms with Gasteiger partial charge in [0, 0.05) is 17.5 Å². The normalized spacial score (nSPS) is 13.2. The van der Waals surface area contributed by atoms with Gasteiger partial charge < -0.3 is 19.3 Å². The van der Waals surface area contributed by atoms with Crippen LogP contribution in [0, 0.1) is 0 Å². The third kappa shape index (κ3) is 3.46. The molecule has 1 N–H and O–H groups in total. The molecule has 2 aromatic rings. The molecule has 1 aliphatic rings. The Kier molecular flexibility index (Phi) is 5.24. The molecule has 0 amide bonds. The van der Waals surface area contributed by atoms with E-state index >= 15 is 0 Å². The minimum absolute atomic E-state index is 0.0124. The third-order valence-corrected chi connectivity index (χ3v) is 4.26. The average Bonchev–Trinajstić information content (AvgIpc) is 2.64. The number of hydrogen-bond acceptors (Lipinski definition) is 5. The summed E-state index contributed by atoms with van der Waals surface area (Å²) >= 11 is 0. The predicted molar refractivity (Wildman–Crippen MR) is 93.4 cm³/mol. The molecule has 1 unspecified atom stereocenters. The second kappa shape index (κ2) is 7.57. The van der Waals surface area contributed by atoms with E-state index in [0.29, 0.717) is 18.8 Å². The van der Waals surface area contributed by atoms with Crippen LogP contribution < -0.4 is 9.47 Å². The Morgan fingerprint density at radius 2 is 2.04 bits per heavy atom. The zero-order valence-electron chi connectivity index (χ0n) is 14.5. The van der Waals surface area contributed by atoms with E-state index in [4.69, 9.17) is 19.3 Å². The van der Waals surface area contributed by atoms with E-state index in [-0.39, 0.29) is 19.2 Å². The van der Waals surface area contributed by atoms with Crippen LogP contribution in [0.25, 0.3) is 0 Å². The van der Waals surface area contributed by atoms with Crippen molar-refractivity contribution in [1.29, 1.82) is 0 Å². The standard InChI is InChI=1S/C20H22O5/c1-3-23-18-9-8-17-15(12-14-6-4-5-7-16(14)25-17)19(18)13(2)20(22)24-11-10-21/h4-9,13,21H,3,10-12H2,1-2H3. The van der Waals surface area contributed by atoms with Crippen LogP contribution in [0.3, 0.4) is 0 Å². The molecule has 0 radical (unpaired) electrons. The number of carbonyl (C=O) groups is 1. The number of aliphatic hydroxyl groups is 1. The van der Waals surface area contributed by atoms with E-state index in [2.05, 4.69) is 0 Å². The maximum atomic E-state index is 12.4. The molecule has 0 aliphatic carbocycles. The van der Waals surface area contributed by atoms with Crippen LogP contribution in [0.5, 0.6) is 17.2 Å². The summed E-state index contributed by atoms with van der Waals surface area (Å²) in [6.07, 6.45) is 0.666. The first-order chi connectivity index (χ1) is 12.2. The molecule has 0 bridgehead atoms. The predicted octanol–water partition coefficient (Wildman–Crippen LogP) is 3.42. The maximum absolute atomic E-state index is 12.4. The molecular weight excluding hydrogens is 320 g/mol. The summed E-state index contributed by atoms with van der Waals surface area (Å²) in [6, 6.07) is 11.6. The fourth-order valence-electron chi connectivity index (χ4n) is 3.10. The van der Waals surface area contributed by atoms with Crippen molar-refractivity contribution < 1.29 is 24.1 Å². The molecule has 0 fully saturated rings. The highest BCUT2D eigenvalue weighted by Crippen LogP contribution is 2.43. The highest BCUT2D eigenvalue weighted by Gasteiger charge is 2.29.